The van der Waals surface area contributed by atoms with Gasteiger partial charge in [0.25, 0.3) is 0 Å². The molecular weight excluding hydrogens is 260 g/mol. The van der Waals surface area contributed by atoms with Crippen molar-refractivity contribution in [1.29, 1.82) is 0 Å². The van der Waals surface area contributed by atoms with Crippen molar-refractivity contribution in [2.45, 2.75) is 12.5 Å². The van der Waals surface area contributed by atoms with Gasteiger partial charge in [0.05, 0.1) is 6.20 Å². The molecule has 0 spiro atoms. The van der Waals surface area contributed by atoms with Gasteiger partial charge in [0.1, 0.15) is 12.4 Å². The number of pyridine rings is 1. The Morgan fingerprint density at radius 3 is 2.71 bits per heavy atom. The van der Waals surface area contributed by atoms with E-state index in [2.05, 4.69) is 28.8 Å². The summed E-state index contributed by atoms with van der Waals surface area (Å²) in [6.07, 6.45) is 4.71. The summed E-state index contributed by atoms with van der Waals surface area (Å²) in [6, 6.07) is 12.4. The quantitative estimate of drug-likeness (QED) is 0.807. The van der Waals surface area contributed by atoms with Gasteiger partial charge in [-0.05, 0) is 38.2 Å². The number of nitrogens with zero attached hydrogens (tertiary/aromatic N) is 2. The van der Waals surface area contributed by atoms with Crippen LogP contribution < -0.4 is 4.74 Å². The number of hydrogen-bond donors (Lipinski definition) is 0. The second-order valence-corrected chi connectivity index (χ2v) is 5.26. The monoisotopic (exact) mass is 278 g/mol. The highest BCUT2D eigenvalue weighted by molar-refractivity contribution is 5.43. The maximum absolute atomic E-state index is 5.80. The molecule has 1 aliphatic heterocycles. The van der Waals surface area contributed by atoms with Gasteiger partial charge in [-0.1, -0.05) is 30.0 Å². The number of rotatable bonds is 3. The van der Waals surface area contributed by atoms with Crippen molar-refractivity contribution in [1.82, 2.24) is 9.88 Å². The number of ether oxygens (including phenoxy) is 1. The number of hydrogen-bond acceptors (Lipinski definition) is 3. The van der Waals surface area contributed by atoms with Crippen LogP contribution in [0.3, 0.4) is 0 Å². The molecular formula is C18H18N2O. The Bertz CT molecular complexity index is 658. The van der Waals surface area contributed by atoms with E-state index in [1.54, 1.807) is 12.4 Å². The Labute approximate surface area is 125 Å². The fraction of sp³-hybridized carbons (Fsp3) is 0.278. The standard InChI is InChI=1S/C18H18N2O/c1-20-10-9-17(20)14-21-18-11-16(12-19-13-18)8-7-15-5-3-2-4-6-15/h2-6,11-13,17H,9-10,14H2,1H3. The average Bonchev–Trinajstić information content (AvgIpc) is 2.53. The van der Waals surface area contributed by atoms with Crippen LogP contribution >= 0.6 is 0 Å². The molecule has 1 unspecified atom stereocenters. The molecule has 2 heterocycles. The van der Waals surface area contributed by atoms with Crippen LogP contribution in [0.4, 0.5) is 0 Å². The van der Waals surface area contributed by atoms with Crippen molar-refractivity contribution in [3.63, 3.8) is 0 Å². The number of likely N-dealkylation sites (N-methyl/N-ethyl adjacent to an activating group) is 1. The van der Waals surface area contributed by atoms with Gasteiger partial charge >= 0.3 is 0 Å². The van der Waals surface area contributed by atoms with Gasteiger partial charge < -0.3 is 4.74 Å². The molecule has 2 aromatic rings. The maximum Gasteiger partial charge on any atom is 0.138 e. The Morgan fingerprint density at radius 1 is 1.19 bits per heavy atom. The lowest BCUT2D eigenvalue weighted by Gasteiger charge is -2.37. The van der Waals surface area contributed by atoms with Crippen LogP contribution in [0.2, 0.25) is 0 Å². The summed E-state index contributed by atoms with van der Waals surface area (Å²) in [5.74, 6) is 7.04. The van der Waals surface area contributed by atoms with Crippen LogP contribution in [0.1, 0.15) is 17.5 Å². The molecule has 3 heteroatoms. The second kappa shape index (κ2) is 6.43. The smallest absolute Gasteiger partial charge is 0.138 e. The molecule has 1 fully saturated rings. The maximum atomic E-state index is 5.80. The zero-order valence-electron chi connectivity index (χ0n) is 12.1. The Morgan fingerprint density at radius 2 is 2.00 bits per heavy atom. The third-order valence-corrected chi connectivity index (χ3v) is 3.72. The van der Waals surface area contributed by atoms with Gasteiger partial charge in [-0.15, -0.1) is 0 Å². The zero-order chi connectivity index (χ0) is 14.5. The molecule has 1 atom stereocenters. The van der Waals surface area contributed by atoms with Gasteiger partial charge in [-0.2, -0.15) is 0 Å². The van der Waals surface area contributed by atoms with Gasteiger partial charge in [0, 0.05) is 23.4 Å². The molecule has 1 saturated heterocycles. The second-order valence-electron chi connectivity index (χ2n) is 5.26. The predicted molar refractivity (Wildman–Crippen MR) is 83.2 cm³/mol. The summed E-state index contributed by atoms with van der Waals surface area (Å²) in [4.78, 5) is 6.49. The van der Waals surface area contributed by atoms with E-state index in [-0.39, 0.29) is 0 Å². The lowest BCUT2D eigenvalue weighted by atomic mass is 10.1. The van der Waals surface area contributed by atoms with E-state index in [0.717, 1.165) is 23.4 Å². The first kappa shape index (κ1) is 13.7. The molecule has 21 heavy (non-hydrogen) atoms. The molecule has 0 radical (unpaired) electrons. The van der Waals surface area contributed by atoms with Crippen LogP contribution in [-0.2, 0) is 0 Å². The van der Waals surface area contributed by atoms with E-state index in [4.69, 9.17) is 4.74 Å². The molecule has 106 valence electrons. The van der Waals surface area contributed by atoms with Crippen LogP contribution in [0, 0.1) is 11.8 Å². The van der Waals surface area contributed by atoms with Gasteiger partial charge in [0.15, 0.2) is 0 Å². The molecule has 1 aliphatic rings. The summed E-state index contributed by atoms with van der Waals surface area (Å²) >= 11 is 0. The van der Waals surface area contributed by atoms with Gasteiger partial charge in [-0.3, -0.25) is 9.88 Å². The van der Waals surface area contributed by atoms with E-state index in [1.165, 1.54) is 6.42 Å². The molecule has 1 aromatic heterocycles. The van der Waals surface area contributed by atoms with E-state index >= 15 is 0 Å². The minimum atomic E-state index is 0.532. The topological polar surface area (TPSA) is 25.4 Å². The Kier molecular flexibility index (Phi) is 4.18. The first-order chi connectivity index (χ1) is 10.3. The normalized spacial score (nSPS) is 17.5. The van der Waals surface area contributed by atoms with E-state index in [0.29, 0.717) is 12.6 Å². The van der Waals surface area contributed by atoms with Crippen LogP contribution in [0.25, 0.3) is 0 Å². The van der Waals surface area contributed by atoms with Crippen molar-refractivity contribution in [2.75, 3.05) is 20.2 Å². The summed E-state index contributed by atoms with van der Waals surface area (Å²) in [6.45, 7) is 1.88. The molecule has 0 N–H and O–H groups in total. The molecule has 0 saturated carbocycles. The fourth-order valence-corrected chi connectivity index (χ4v) is 2.20. The third kappa shape index (κ3) is 3.62. The summed E-state index contributed by atoms with van der Waals surface area (Å²) in [5.41, 5.74) is 1.87. The van der Waals surface area contributed by atoms with Crippen molar-refractivity contribution in [3.05, 3.63) is 59.9 Å². The molecule has 1 aromatic carbocycles. The van der Waals surface area contributed by atoms with Crippen LogP contribution in [-0.4, -0.2) is 36.1 Å². The largest absolute Gasteiger partial charge is 0.490 e. The molecule has 3 nitrogen and oxygen atoms in total. The molecule has 0 amide bonds. The van der Waals surface area contributed by atoms with Gasteiger partial charge in [-0.25, -0.2) is 0 Å². The summed E-state index contributed by atoms with van der Waals surface area (Å²) in [5, 5.41) is 0. The minimum absolute atomic E-state index is 0.532. The first-order valence-electron chi connectivity index (χ1n) is 7.16. The highest BCUT2D eigenvalue weighted by Crippen LogP contribution is 2.17. The summed E-state index contributed by atoms with van der Waals surface area (Å²) in [7, 11) is 2.12. The SMILES string of the molecule is CN1CCC1COc1cncc(C#Cc2ccccc2)c1. The predicted octanol–water partition coefficient (Wildman–Crippen LogP) is 2.56. The summed E-state index contributed by atoms with van der Waals surface area (Å²) < 4.78 is 5.80. The molecule has 0 bridgehead atoms. The average molecular weight is 278 g/mol. The molecule has 3 rings (SSSR count). The van der Waals surface area contributed by atoms with Crippen molar-refractivity contribution < 1.29 is 4.74 Å². The minimum Gasteiger partial charge on any atom is -0.490 e. The van der Waals surface area contributed by atoms with Gasteiger partial charge in [0.2, 0.25) is 0 Å². The van der Waals surface area contributed by atoms with Crippen molar-refractivity contribution >= 4 is 0 Å². The lowest BCUT2D eigenvalue weighted by Crippen LogP contribution is -2.48. The first-order valence-corrected chi connectivity index (χ1v) is 7.16. The zero-order valence-corrected chi connectivity index (χ0v) is 12.1. The van der Waals surface area contributed by atoms with E-state index in [1.807, 2.05) is 36.4 Å². The van der Waals surface area contributed by atoms with Crippen LogP contribution in [0.15, 0.2) is 48.8 Å². The van der Waals surface area contributed by atoms with Crippen molar-refractivity contribution in [3.8, 4) is 17.6 Å². The third-order valence-electron chi connectivity index (χ3n) is 3.72. The lowest BCUT2D eigenvalue weighted by molar-refractivity contribution is 0.0767. The highest BCUT2D eigenvalue weighted by atomic mass is 16.5. The highest BCUT2D eigenvalue weighted by Gasteiger charge is 2.24. The Hall–Kier alpha value is -2.31. The van der Waals surface area contributed by atoms with Crippen molar-refractivity contribution in [2.24, 2.45) is 0 Å². The number of aromatic nitrogens is 1. The number of benzene rings is 1. The fourth-order valence-electron chi connectivity index (χ4n) is 2.20. The Balaban J connectivity index is 1.64. The van der Waals surface area contributed by atoms with E-state index in [9.17, 15) is 0 Å². The number of likely N-dealkylation sites (tertiary alicyclic amines) is 1. The van der Waals surface area contributed by atoms with E-state index < -0.39 is 0 Å². The molecule has 0 aliphatic carbocycles. The van der Waals surface area contributed by atoms with Crippen LogP contribution in [0.5, 0.6) is 5.75 Å².